The van der Waals surface area contributed by atoms with Gasteiger partial charge < -0.3 is 10.2 Å². The SMILES string of the molecule is CCCC1(CCNC)CCN(C(C)C)C1. The molecular formula is C13H28N2. The smallest absolute Gasteiger partial charge is 0.00416 e. The largest absolute Gasteiger partial charge is 0.320 e. The number of rotatable bonds is 6. The summed E-state index contributed by atoms with van der Waals surface area (Å²) in [4.78, 5) is 2.64. The van der Waals surface area contributed by atoms with Gasteiger partial charge in [-0.15, -0.1) is 0 Å². The lowest BCUT2D eigenvalue weighted by Gasteiger charge is -2.30. The van der Waals surface area contributed by atoms with E-state index in [1.54, 1.807) is 0 Å². The third-order valence-electron chi connectivity index (χ3n) is 3.88. The maximum atomic E-state index is 3.30. The number of hydrogen-bond donors (Lipinski definition) is 1. The van der Waals surface area contributed by atoms with Gasteiger partial charge >= 0.3 is 0 Å². The van der Waals surface area contributed by atoms with E-state index >= 15 is 0 Å². The average molecular weight is 212 g/mol. The molecule has 1 N–H and O–H groups in total. The summed E-state index contributed by atoms with van der Waals surface area (Å²) in [6.07, 6.45) is 5.48. The first-order chi connectivity index (χ1) is 7.13. The van der Waals surface area contributed by atoms with Gasteiger partial charge in [-0.2, -0.15) is 0 Å². The van der Waals surface area contributed by atoms with Crippen LogP contribution in [0.25, 0.3) is 0 Å². The highest BCUT2D eigenvalue weighted by atomic mass is 15.2. The van der Waals surface area contributed by atoms with E-state index in [0.29, 0.717) is 5.41 Å². The fraction of sp³-hybridized carbons (Fsp3) is 1.00. The summed E-state index contributed by atoms with van der Waals surface area (Å²) in [5.41, 5.74) is 0.613. The van der Waals surface area contributed by atoms with Crippen molar-refractivity contribution in [2.24, 2.45) is 5.41 Å². The van der Waals surface area contributed by atoms with Crippen LogP contribution < -0.4 is 5.32 Å². The van der Waals surface area contributed by atoms with Crippen molar-refractivity contribution in [3.05, 3.63) is 0 Å². The third-order valence-corrected chi connectivity index (χ3v) is 3.88. The molecular weight excluding hydrogens is 184 g/mol. The number of hydrogen-bond acceptors (Lipinski definition) is 2. The Bertz CT molecular complexity index is 179. The second kappa shape index (κ2) is 5.86. The van der Waals surface area contributed by atoms with E-state index in [4.69, 9.17) is 0 Å². The molecule has 0 amide bonds. The topological polar surface area (TPSA) is 15.3 Å². The first-order valence-corrected chi connectivity index (χ1v) is 6.52. The fourth-order valence-electron chi connectivity index (χ4n) is 2.86. The van der Waals surface area contributed by atoms with E-state index in [0.717, 1.165) is 6.04 Å². The summed E-state index contributed by atoms with van der Waals surface area (Å²) in [6.45, 7) is 10.8. The van der Waals surface area contributed by atoms with Crippen LogP contribution >= 0.6 is 0 Å². The van der Waals surface area contributed by atoms with E-state index in [2.05, 4.69) is 38.0 Å². The van der Waals surface area contributed by atoms with Gasteiger partial charge in [0.05, 0.1) is 0 Å². The van der Waals surface area contributed by atoms with Crippen LogP contribution in [-0.4, -0.2) is 37.6 Å². The third kappa shape index (κ3) is 3.46. The normalized spacial score (nSPS) is 27.8. The molecule has 0 aromatic rings. The summed E-state index contributed by atoms with van der Waals surface area (Å²) in [5.74, 6) is 0. The first kappa shape index (κ1) is 13.0. The minimum Gasteiger partial charge on any atom is -0.320 e. The average Bonchev–Trinajstić information content (AvgIpc) is 2.61. The molecule has 1 heterocycles. The summed E-state index contributed by atoms with van der Waals surface area (Å²) in [5, 5.41) is 3.30. The number of likely N-dealkylation sites (tertiary alicyclic amines) is 1. The molecule has 2 heteroatoms. The Morgan fingerprint density at radius 2 is 2.07 bits per heavy atom. The Morgan fingerprint density at radius 1 is 1.33 bits per heavy atom. The van der Waals surface area contributed by atoms with Crippen LogP contribution in [0.4, 0.5) is 0 Å². The van der Waals surface area contributed by atoms with Gasteiger partial charge in [0.25, 0.3) is 0 Å². The first-order valence-electron chi connectivity index (χ1n) is 6.52. The Morgan fingerprint density at radius 3 is 2.53 bits per heavy atom. The molecule has 15 heavy (non-hydrogen) atoms. The molecule has 1 aliphatic rings. The highest BCUT2D eigenvalue weighted by molar-refractivity contribution is 4.91. The van der Waals surface area contributed by atoms with Crippen molar-refractivity contribution in [2.45, 2.75) is 52.5 Å². The summed E-state index contributed by atoms with van der Waals surface area (Å²) in [7, 11) is 2.06. The standard InChI is InChI=1S/C13H28N2/c1-5-6-13(7-9-14-4)8-10-15(11-13)12(2)3/h12,14H,5-11H2,1-4H3. The van der Waals surface area contributed by atoms with E-state index in [1.807, 2.05) is 0 Å². The molecule has 1 rings (SSSR count). The molecule has 1 saturated heterocycles. The predicted octanol–water partition coefficient (Wildman–Crippen LogP) is 2.50. The second-order valence-corrected chi connectivity index (χ2v) is 5.42. The predicted molar refractivity (Wildman–Crippen MR) is 67.2 cm³/mol. The zero-order chi connectivity index (χ0) is 11.3. The van der Waals surface area contributed by atoms with Gasteiger partial charge in [-0.1, -0.05) is 13.3 Å². The van der Waals surface area contributed by atoms with Gasteiger partial charge in [-0.05, 0) is 58.7 Å². The molecule has 0 saturated carbocycles. The van der Waals surface area contributed by atoms with Crippen LogP contribution in [-0.2, 0) is 0 Å². The zero-order valence-corrected chi connectivity index (χ0v) is 11.0. The lowest BCUT2D eigenvalue weighted by Crippen LogP contribution is -2.33. The molecule has 0 radical (unpaired) electrons. The van der Waals surface area contributed by atoms with Gasteiger partial charge in [0.1, 0.15) is 0 Å². The Balaban J connectivity index is 2.52. The molecule has 0 aromatic heterocycles. The van der Waals surface area contributed by atoms with Crippen molar-refractivity contribution in [1.82, 2.24) is 10.2 Å². The monoisotopic (exact) mass is 212 g/mol. The van der Waals surface area contributed by atoms with Gasteiger partial charge in [0.15, 0.2) is 0 Å². The minimum atomic E-state index is 0.613. The van der Waals surface area contributed by atoms with Gasteiger partial charge in [0.2, 0.25) is 0 Å². The molecule has 0 bridgehead atoms. The minimum absolute atomic E-state index is 0.613. The molecule has 1 unspecified atom stereocenters. The maximum absolute atomic E-state index is 3.30. The van der Waals surface area contributed by atoms with Crippen LogP contribution in [0.2, 0.25) is 0 Å². The molecule has 0 spiro atoms. The summed E-state index contributed by atoms with van der Waals surface area (Å²) in [6, 6.07) is 0.721. The lowest BCUT2D eigenvalue weighted by atomic mass is 9.79. The number of nitrogens with one attached hydrogen (secondary N) is 1. The van der Waals surface area contributed by atoms with Crippen LogP contribution in [0.5, 0.6) is 0 Å². The van der Waals surface area contributed by atoms with Crippen molar-refractivity contribution in [3.63, 3.8) is 0 Å². The van der Waals surface area contributed by atoms with Crippen LogP contribution in [0.1, 0.15) is 46.5 Å². The molecule has 1 atom stereocenters. The van der Waals surface area contributed by atoms with Crippen LogP contribution in [0.15, 0.2) is 0 Å². The van der Waals surface area contributed by atoms with E-state index in [-0.39, 0.29) is 0 Å². The highest BCUT2D eigenvalue weighted by Crippen LogP contribution is 2.38. The quantitative estimate of drug-likeness (QED) is 0.728. The molecule has 90 valence electrons. The molecule has 0 aliphatic carbocycles. The van der Waals surface area contributed by atoms with Crippen molar-refractivity contribution in [3.8, 4) is 0 Å². The Hall–Kier alpha value is -0.0800. The molecule has 2 nitrogen and oxygen atoms in total. The Kier molecular flexibility index (Phi) is 5.07. The van der Waals surface area contributed by atoms with E-state index < -0.39 is 0 Å². The summed E-state index contributed by atoms with van der Waals surface area (Å²) >= 11 is 0. The fourth-order valence-corrected chi connectivity index (χ4v) is 2.86. The van der Waals surface area contributed by atoms with Gasteiger partial charge in [0, 0.05) is 12.6 Å². The molecule has 0 aromatic carbocycles. The lowest BCUT2D eigenvalue weighted by molar-refractivity contribution is 0.199. The summed E-state index contributed by atoms with van der Waals surface area (Å²) < 4.78 is 0. The van der Waals surface area contributed by atoms with Crippen LogP contribution in [0, 0.1) is 5.41 Å². The van der Waals surface area contributed by atoms with E-state index in [1.165, 1.54) is 45.3 Å². The van der Waals surface area contributed by atoms with Gasteiger partial charge in [-0.25, -0.2) is 0 Å². The molecule has 1 fully saturated rings. The Labute approximate surface area is 95.4 Å². The second-order valence-electron chi connectivity index (χ2n) is 5.42. The van der Waals surface area contributed by atoms with Crippen LogP contribution in [0.3, 0.4) is 0 Å². The van der Waals surface area contributed by atoms with Crippen molar-refractivity contribution in [1.29, 1.82) is 0 Å². The van der Waals surface area contributed by atoms with Crippen molar-refractivity contribution < 1.29 is 0 Å². The maximum Gasteiger partial charge on any atom is 0.00416 e. The van der Waals surface area contributed by atoms with Crippen molar-refractivity contribution >= 4 is 0 Å². The molecule has 1 aliphatic heterocycles. The zero-order valence-electron chi connectivity index (χ0n) is 11.0. The van der Waals surface area contributed by atoms with Crippen molar-refractivity contribution in [2.75, 3.05) is 26.7 Å². The van der Waals surface area contributed by atoms with Gasteiger partial charge in [-0.3, -0.25) is 0 Å². The van der Waals surface area contributed by atoms with E-state index in [9.17, 15) is 0 Å². The highest BCUT2D eigenvalue weighted by Gasteiger charge is 2.37. The number of nitrogens with zero attached hydrogens (tertiary/aromatic N) is 1.